The average molecular weight is 988 g/mol. The molecule has 2 N–H and O–H groups in total. The Kier molecular flexibility index (Phi) is 51.3. The molecular weight excluding hydrogens is 865 g/mol. The molecule has 1 rings (SSSR count). The minimum Gasteiger partial charge on any atom is -0.465 e. The summed E-state index contributed by atoms with van der Waals surface area (Å²) >= 11 is 0. The van der Waals surface area contributed by atoms with Gasteiger partial charge in [-0.1, -0.05) is 321 Å². The first-order chi connectivity index (χ1) is 34.6. The molecule has 0 amide bonds. The van der Waals surface area contributed by atoms with Crippen LogP contribution in [0.15, 0.2) is 12.2 Å². The van der Waals surface area contributed by atoms with Gasteiger partial charge in [-0.25, -0.2) is 0 Å². The molecule has 6 nitrogen and oxygen atoms in total. The second-order valence-electron chi connectivity index (χ2n) is 22.8. The van der Waals surface area contributed by atoms with E-state index in [4.69, 9.17) is 9.47 Å². The molecule has 0 spiro atoms. The summed E-state index contributed by atoms with van der Waals surface area (Å²) < 4.78 is 10.6. The molecule has 0 aromatic heterocycles. The average Bonchev–Trinajstić information content (AvgIpc) is 3.43. The van der Waals surface area contributed by atoms with Crippen molar-refractivity contribution in [3.8, 4) is 0 Å². The first-order valence-electron chi connectivity index (χ1n) is 31.8. The van der Waals surface area contributed by atoms with Crippen molar-refractivity contribution < 1.29 is 29.3 Å². The second kappa shape index (κ2) is 53.9. The summed E-state index contributed by atoms with van der Waals surface area (Å²) in [6.45, 7) is 1.21. The van der Waals surface area contributed by atoms with E-state index in [-0.39, 0.29) is 19.6 Å². The smallest absolute Gasteiger partial charge is 0.309 e. The van der Waals surface area contributed by atoms with Gasteiger partial charge in [0, 0.05) is 0 Å². The summed E-state index contributed by atoms with van der Waals surface area (Å²) in [5, 5.41) is 19.2. The van der Waals surface area contributed by atoms with Gasteiger partial charge in [-0.15, -0.1) is 0 Å². The topological polar surface area (TPSA) is 93.1 Å². The van der Waals surface area contributed by atoms with E-state index in [1.54, 1.807) is 0 Å². The molecule has 1 heterocycles. The number of carbonyl (C=O) groups excluding carboxylic acids is 2. The van der Waals surface area contributed by atoms with Crippen molar-refractivity contribution >= 4 is 11.9 Å². The van der Waals surface area contributed by atoms with E-state index >= 15 is 0 Å². The fourth-order valence-electron chi connectivity index (χ4n) is 10.6. The van der Waals surface area contributed by atoms with E-state index in [0.29, 0.717) is 6.42 Å². The zero-order chi connectivity index (χ0) is 50.4. The Labute approximate surface area is 436 Å². The van der Waals surface area contributed by atoms with Gasteiger partial charge < -0.3 is 19.7 Å². The number of allylic oxidation sites excluding steroid dienone is 2. The minimum atomic E-state index is -1.12. The van der Waals surface area contributed by atoms with Crippen molar-refractivity contribution in [2.45, 2.75) is 347 Å². The van der Waals surface area contributed by atoms with Crippen LogP contribution in [-0.4, -0.2) is 48.6 Å². The highest BCUT2D eigenvalue weighted by molar-refractivity contribution is 5.80. The molecule has 414 valence electrons. The molecular formula is C64H122O6. The molecule has 0 aromatic carbocycles. The zero-order valence-corrected chi connectivity index (χ0v) is 47.1. The van der Waals surface area contributed by atoms with Crippen LogP contribution >= 0.6 is 0 Å². The van der Waals surface area contributed by atoms with Crippen LogP contribution in [-0.2, 0) is 19.1 Å². The Bertz CT molecular complexity index is 1100. The number of hydrogen-bond donors (Lipinski definition) is 2. The third-order valence-electron chi connectivity index (χ3n) is 15.8. The maximum absolute atomic E-state index is 12.5. The predicted octanol–water partition coefficient (Wildman–Crippen LogP) is 19.9. The molecule has 70 heavy (non-hydrogen) atoms. The molecule has 0 aliphatic carbocycles. The van der Waals surface area contributed by atoms with Crippen LogP contribution in [0.25, 0.3) is 0 Å². The Hall–Kier alpha value is -1.40. The van der Waals surface area contributed by atoms with Gasteiger partial charge in [0.15, 0.2) is 0 Å². The Morgan fingerprint density at radius 3 is 0.886 bits per heavy atom. The van der Waals surface area contributed by atoms with E-state index in [2.05, 4.69) is 19.1 Å². The molecule has 1 aliphatic heterocycles. The van der Waals surface area contributed by atoms with Crippen molar-refractivity contribution in [1.29, 1.82) is 0 Å². The number of hydrogen-bond acceptors (Lipinski definition) is 6. The summed E-state index contributed by atoms with van der Waals surface area (Å²) in [5.41, 5.74) is -1.12. The minimum absolute atomic E-state index is 0.00502. The van der Waals surface area contributed by atoms with Crippen molar-refractivity contribution in [1.82, 2.24) is 0 Å². The molecule has 1 atom stereocenters. The second-order valence-corrected chi connectivity index (χ2v) is 22.8. The maximum atomic E-state index is 12.5. The monoisotopic (exact) mass is 987 g/mol. The molecule has 6 heteroatoms. The van der Waals surface area contributed by atoms with E-state index in [1.165, 1.54) is 308 Å². The number of ether oxygens (including phenoxy) is 2. The SMILES string of the molecule is CCCCCCCCCCCCCC/C=C/CCCCCCCCCCCCCCCCCCCCCCCCCCCCCCCCCCCCCCCC1CC(=O)OCC(CO)(CO)COC1=O. The summed E-state index contributed by atoms with van der Waals surface area (Å²) in [4.78, 5) is 24.7. The lowest BCUT2D eigenvalue weighted by Gasteiger charge is -2.27. The van der Waals surface area contributed by atoms with E-state index in [9.17, 15) is 19.8 Å². The summed E-state index contributed by atoms with van der Waals surface area (Å²) in [5.74, 6) is -1.40. The molecule has 0 saturated carbocycles. The van der Waals surface area contributed by atoms with Crippen LogP contribution in [0.5, 0.6) is 0 Å². The Morgan fingerprint density at radius 2 is 0.614 bits per heavy atom. The highest BCUT2D eigenvalue weighted by Gasteiger charge is 2.36. The highest BCUT2D eigenvalue weighted by atomic mass is 16.6. The predicted molar refractivity (Wildman–Crippen MR) is 302 cm³/mol. The number of aliphatic hydroxyl groups excluding tert-OH is 2. The molecule has 1 aliphatic rings. The lowest BCUT2D eigenvalue weighted by Crippen LogP contribution is -2.40. The zero-order valence-electron chi connectivity index (χ0n) is 47.1. The molecule has 0 bridgehead atoms. The normalized spacial score (nSPS) is 15.3. The number of cyclic esters (lactones) is 2. The lowest BCUT2D eigenvalue weighted by atomic mass is 9.92. The molecule has 0 aromatic rings. The Morgan fingerprint density at radius 1 is 0.371 bits per heavy atom. The Balaban J connectivity index is 1.68. The summed E-state index contributed by atoms with van der Waals surface area (Å²) in [6, 6.07) is 0. The third kappa shape index (κ3) is 45.2. The van der Waals surface area contributed by atoms with Gasteiger partial charge in [-0.3, -0.25) is 9.59 Å². The molecule has 0 radical (unpaired) electrons. The van der Waals surface area contributed by atoms with Crippen LogP contribution in [0.2, 0.25) is 0 Å². The maximum Gasteiger partial charge on any atom is 0.309 e. The van der Waals surface area contributed by atoms with Crippen molar-refractivity contribution in [2.75, 3.05) is 26.4 Å². The van der Waals surface area contributed by atoms with E-state index in [0.717, 1.165) is 19.3 Å². The van der Waals surface area contributed by atoms with Crippen LogP contribution in [0, 0.1) is 11.3 Å². The van der Waals surface area contributed by atoms with Gasteiger partial charge in [0.2, 0.25) is 0 Å². The lowest BCUT2D eigenvalue weighted by molar-refractivity contribution is -0.155. The van der Waals surface area contributed by atoms with Crippen molar-refractivity contribution in [3.63, 3.8) is 0 Å². The molecule has 1 saturated heterocycles. The van der Waals surface area contributed by atoms with Gasteiger partial charge >= 0.3 is 11.9 Å². The van der Waals surface area contributed by atoms with Gasteiger partial charge in [0.25, 0.3) is 0 Å². The summed E-state index contributed by atoms with van der Waals surface area (Å²) in [6.07, 6.45) is 77.2. The molecule has 1 fully saturated rings. The van der Waals surface area contributed by atoms with Gasteiger partial charge in [-0.2, -0.15) is 0 Å². The largest absolute Gasteiger partial charge is 0.465 e. The summed E-state index contributed by atoms with van der Waals surface area (Å²) in [7, 11) is 0. The number of esters is 2. The fourth-order valence-corrected chi connectivity index (χ4v) is 10.6. The van der Waals surface area contributed by atoms with Crippen LogP contribution in [0.4, 0.5) is 0 Å². The van der Waals surface area contributed by atoms with Crippen molar-refractivity contribution in [2.24, 2.45) is 11.3 Å². The quantitative estimate of drug-likeness (QED) is 0.0358. The van der Waals surface area contributed by atoms with Crippen LogP contribution < -0.4 is 0 Å². The number of aliphatic hydroxyl groups is 2. The van der Waals surface area contributed by atoms with E-state index in [1.807, 2.05) is 0 Å². The van der Waals surface area contributed by atoms with Crippen LogP contribution in [0.1, 0.15) is 347 Å². The third-order valence-corrected chi connectivity index (χ3v) is 15.8. The van der Waals surface area contributed by atoms with Gasteiger partial charge in [-0.05, 0) is 32.1 Å². The first kappa shape index (κ1) is 66.6. The van der Waals surface area contributed by atoms with Crippen molar-refractivity contribution in [3.05, 3.63) is 12.2 Å². The number of rotatable bonds is 55. The standard InChI is InChI=1S/C64H122O6/c1-2-3-4-5-6-7-8-9-10-11-12-13-14-15-16-17-18-19-20-21-22-23-24-25-26-27-28-29-30-31-32-33-34-35-36-37-38-39-40-41-42-43-44-45-46-47-48-49-50-51-52-53-54-55-61-56-62(67)69-59-64(57-65,58-66)60-70-63(61)68/h15-16,61,65-66H,2-14,17-60H2,1H3/b16-15+. The first-order valence-corrected chi connectivity index (χ1v) is 31.8. The molecule has 1 unspecified atom stereocenters. The van der Waals surface area contributed by atoms with Gasteiger partial charge in [0.05, 0.1) is 31.0 Å². The fraction of sp³-hybridized carbons (Fsp3) is 0.938. The number of carbonyl (C=O) groups is 2. The van der Waals surface area contributed by atoms with Gasteiger partial charge in [0.1, 0.15) is 13.2 Å². The highest BCUT2D eigenvalue weighted by Crippen LogP contribution is 2.25. The van der Waals surface area contributed by atoms with Crippen LogP contribution in [0.3, 0.4) is 0 Å². The van der Waals surface area contributed by atoms with E-state index < -0.39 is 36.5 Å². The number of unbranched alkanes of at least 4 members (excludes halogenated alkanes) is 49.